The molecule has 0 heterocycles. The normalized spacial score (nSPS) is 11.6. The fraction of sp³-hybridized carbons (Fsp3) is 0.800. The van der Waals surface area contributed by atoms with Crippen LogP contribution in [0.25, 0.3) is 0 Å². The monoisotopic (exact) mass is 478 g/mol. The Balaban J connectivity index is 3.37. The van der Waals surface area contributed by atoms with E-state index < -0.39 is 12.0 Å². The zero-order valence-corrected chi connectivity index (χ0v) is 19.3. The van der Waals surface area contributed by atoms with Gasteiger partial charge in [-0.05, 0) is 12.8 Å². The Morgan fingerprint density at radius 1 is 0.727 bits per heavy atom. The van der Waals surface area contributed by atoms with Gasteiger partial charge in [0.1, 0.15) is 19.3 Å². The second-order valence-corrected chi connectivity index (χ2v) is 6.86. The second kappa shape index (κ2) is 21.5. The maximum atomic E-state index is 11.6. The number of amides is 3. The zero-order chi connectivity index (χ0) is 24.7. The van der Waals surface area contributed by atoms with Crippen LogP contribution in [0.15, 0.2) is 0 Å². The van der Waals surface area contributed by atoms with E-state index in [2.05, 4.69) is 16.0 Å². The molecule has 0 aliphatic carbocycles. The minimum absolute atomic E-state index is 0.000439. The van der Waals surface area contributed by atoms with Gasteiger partial charge in [0.2, 0.25) is 17.7 Å². The van der Waals surface area contributed by atoms with E-state index in [0.29, 0.717) is 32.9 Å². The van der Waals surface area contributed by atoms with Crippen LogP contribution in [0.4, 0.5) is 0 Å². The predicted molar refractivity (Wildman–Crippen MR) is 117 cm³/mol. The van der Waals surface area contributed by atoms with Crippen molar-refractivity contribution in [2.45, 2.75) is 32.2 Å². The lowest BCUT2D eigenvalue weighted by atomic mass is 10.1. The Labute approximate surface area is 194 Å². The molecule has 0 saturated carbocycles. The average molecular weight is 479 g/mol. The first-order chi connectivity index (χ1) is 15.9. The summed E-state index contributed by atoms with van der Waals surface area (Å²) >= 11 is 0. The summed E-state index contributed by atoms with van der Waals surface area (Å²) in [5, 5.41) is 16.6. The van der Waals surface area contributed by atoms with Crippen LogP contribution in [-0.4, -0.2) is 107 Å². The maximum Gasteiger partial charge on any atom is 0.320 e. The maximum absolute atomic E-state index is 11.6. The van der Waals surface area contributed by atoms with Gasteiger partial charge in [-0.2, -0.15) is 0 Å². The number of ether oxygens (including phenoxy) is 4. The van der Waals surface area contributed by atoms with Crippen LogP contribution in [0.3, 0.4) is 0 Å². The van der Waals surface area contributed by atoms with Crippen LogP contribution < -0.4 is 21.7 Å². The van der Waals surface area contributed by atoms with Crippen molar-refractivity contribution in [1.29, 1.82) is 0 Å². The molecule has 0 unspecified atom stereocenters. The number of carboxylic acids is 1. The third kappa shape index (κ3) is 21.3. The Kier molecular flexibility index (Phi) is 20.0. The molecule has 192 valence electrons. The minimum Gasteiger partial charge on any atom is -0.480 e. The summed E-state index contributed by atoms with van der Waals surface area (Å²) in [6.07, 6.45) is 0.969. The van der Waals surface area contributed by atoms with E-state index in [9.17, 15) is 19.2 Å². The van der Waals surface area contributed by atoms with Crippen LogP contribution in [0, 0.1) is 0 Å². The molecule has 0 spiro atoms. The van der Waals surface area contributed by atoms with Gasteiger partial charge in [-0.1, -0.05) is 6.92 Å². The first-order valence-corrected chi connectivity index (χ1v) is 11.0. The van der Waals surface area contributed by atoms with Gasteiger partial charge in [0, 0.05) is 26.1 Å². The largest absolute Gasteiger partial charge is 0.480 e. The van der Waals surface area contributed by atoms with Gasteiger partial charge in [0.15, 0.2) is 0 Å². The number of carbonyl (C=O) groups is 4. The molecule has 0 aromatic carbocycles. The highest BCUT2D eigenvalue weighted by atomic mass is 16.5. The Hall–Kier alpha value is -2.32. The minimum atomic E-state index is -1.14. The highest BCUT2D eigenvalue weighted by Crippen LogP contribution is 1.94. The third-order valence-corrected chi connectivity index (χ3v) is 3.92. The van der Waals surface area contributed by atoms with Crippen molar-refractivity contribution >= 4 is 23.7 Å². The number of carboxylic acid groups (broad SMARTS) is 1. The van der Waals surface area contributed by atoms with Gasteiger partial charge in [-0.15, -0.1) is 0 Å². The van der Waals surface area contributed by atoms with Gasteiger partial charge in [0.25, 0.3) is 0 Å². The molecule has 1 atom stereocenters. The van der Waals surface area contributed by atoms with Crippen molar-refractivity contribution in [3.05, 3.63) is 0 Å². The number of aliphatic carboxylic acids is 1. The van der Waals surface area contributed by atoms with Gasteiger partial charge in [-0.25, -0.2) is 0 Å². The molecule has 0 bridgehead atoms. The Bertz CT molecular complexity index is 564. The van der Waals surface area contributed by atoms with E-state index in [1.54, 1.807) is 0 Å². The smallest absolute Gasteiger partial charge is 0.320 e. The number of nitrogens with one attached hydrogen (secondary N) is 3. The fourth-order valence-electron chi connectivity index (χ4n) is 2.16. The van der Waals surface area contributed by atoms with Gasteiger partial charge < -0.3 is 45.7 Å². The highest BCUT2D eigenvalue weighted by molar-refractivity contribution is 5.78. The van der Waals surface area contributed by atoms with Gasteiger partial charge in [-0.3, -0.25) is 19.2 Å². The van der Waals surface area contributed by atoms with Crippen LogP contribution in [0.5, 0.6) is 0 Å². The lowest BCUT2D eigenvalue weighted by molar-refractivity contribution is -0.138. The van der Waals surface area contributed by atoms with Crippen molar-refractivity contribution in [1.82, 2.24) is 16.0 Å². The van der Waals surface area contributed by atoms with E-state index in [1.807, 2.05) is 6.92 Å². The number of carbonyl (C=O) groups excluding carboxylic acids is 3. The Morgan fingerprint density at radius 2 is 1.18 bits per heavy atom. The van der Waals surface area contributed by atoms with Crippen molar-refractivity contribution in [3.8, 4) is 0 Å². The topological polar surface area (TPSA) is 188 Å². The molecule has 0 rings (SSSR count). The van der Waals surface area contributed by atoms with Crippen molar-refractivity contribution < 1.29 is 43.2 Å². The number of rotatable bonds is 22. The Morgan fingerprint density at radius 3 is 1.67 bits per heavy atom. The molecule has 0 aliphatic heterocycles. The van der Waals surface area contributed by atoms with Crippen LogP contribution >= 0.6 is 0 Å². The molecule has 0 saturated heterocycles. The second-order valence-electron chi connectivity index (χ2n) is 6.86. The standard InChI is InChI=1S/C20H38N4O9/c1-2-5-22-18(26)14-32-12-11-31-9-7-24-19(27)15-33-13-10-30-8-6-23-17(25)4-3-16(21)20(28)29/h16H,2-15,21H2,1H3,(H,22,26)(H,23,25)(H,24,27)(H,28,29)/t16-/m0/s1. The molecular formula is C20H38N4O9. The summed E-state index contributed by atoms with van der Waals surface area (Å²) in [5.74, 6) is -1.87. The highest BCUT2D eigenvalue weighted by Gasteiger charge is 2.13. The van der Waals surface area contributed by atoms with E-state index >= 15 is 0 Å². The first kappa shape index (κ1) is 30.7. The summed E-state index contributed by atoms with van der Waals surface area (Å²) < 4.78 is 20.9. The zero-order valence-electron chi connectivity index (χ0n) is 19.3. The molecule has 13 heteroatoms. The van der Waals surface area contributed by atoms with Crippen LogP contribution in [0.1, 0.15) is 26.2 Å². The fourth-order valence-corrected chi connectivity index (χ4v) is 2.16. The lowest BCUT2D eigenvalue weighted by Gasteiger charge is -2.09. The molecule has 0 radical (unpaired) electrons. The quantitative estimate of drug-likeness (QED) is 0.109. The molecule has 3 amide bonds. The van der Waals surface area contributed by atoms with E-state index in [0.717, 1.165) is 6.42 Å². The molecular weight excluding hydrogens is 440 g/mol. The molecule has 0 aliphatic rings. The predicted octanol–water partition coefficient (Wildman–Crippen LogP) is -2.00. The molecule has 13 nitrogen and oxygen atoms in total. The summed E-state index contributed by atoms with van der Waals surface area (Å²) in [6, 6.07) is -1.05. The van der Waals surface area contributed by atoms with Crippen molar-refractivity contribution in [2.75, 3.05) is 72.5 Å². The molecule has 33 heavy (non-hydrogen) atoms. The summed E-state index contributed by atoms with van der Waals surface area (Å²) in [6.45, 7) is 4.75. The van der Waals surface area contributed by atoms with Crippen molar-refractivity contribution in [3.63, 3.8) is 0 Å². The summed E-state index contributed by atoms with van der Waals surface area (Å²) in [5.41, 5.74) is 5.32. The van der Waals surface area contributed by atoms with Crippen LogP contribution in [-0.2, 0) is 38.1 Å². The molecule has 0 fully saturated rings. The number of hydrogen-bond acceptors (Lipinski definition) is 9. The summed E-state index contributed by atoms with van der Waals surface area (Å²) in [7, 11) is 0. The van der Waals surface area contributed by atoms with Gasteiger partial charge >= 0.3 is 5.97 Å². The van der Waals surface area contributed by atoms with Gasteiger partial charge in [0.05, 0.1) is 39.6 Å². The molecule has 0 aromatic rings. The third-order valence-electron chi connectivity index (χ3n) is 3.92. The van der Waals surface area contributed by atoms with E-state index in [4.69, 9.17) is 29.8 Å². The number of nitrogens with two attached hydrogens (primary N) is 1. The van der Waals surface area contributed by atoms with Crippen LogP contribution in [0.2, 0.25) is 0 Å². The van der Waals surface area contributed by atoms with E-state index in [-0.39, 0.29) is 70.1 Å². The number of hydrogen-bond donors (Lipinski definition) is 5. The first-order valence-electron chi connectivity index (χ1n) is 11.0. The average Bonchev–Trinajstić information content (AvgIpc) is 2.79. The van der Waals surface area contributed by atoms with E-state index in [1.165, 1.54) is 0 Å². The van der Waals surface area contributed by atoms with Crippen molar-refractivity contribution in [2.24, 2.45) is 5.73 Å². The SMILES string of the molecule is CCCNC(=O)COCCOCCNC(=O)COCCOCCNC(=O)CC[C@H](N)C(=O)O. The molecule has 0 aromatic heterocycles. The summed E-state index contributed by atoms with van der Waals surface area (Å²) in [4.78, 5) is 44.9. The lowest BCUT2D eigenvalue weighted by Crippen LogP contribution is -2.33. The molecule has 6 N–H and O–H groups in total.